The average molecular weight is 490 g/mol. The first-order chi connectivity index (χ1) is 16.7. The van der Waals surface area contributed by atoms with Gasteiger partial charge in [0.05, 0.1) is 4.90 Å². The highest BCUT2D eigenvalue weighted by Gasteiger charge is 2.14. The quantitative estimate of drug-likeness (QED) is 0.314. The zero-order chi connectivity index (χ0) is 25.0. The summed E-state index contributed by atoms with van der Waals surface area (Å²) in [5.41, 5.74) is 3.75. The number of imidazole rings is 1. The van der Waals surface area contributed by atoms with Crippen LogP contribution >= 0.6 is 0 Å². The molecular weight excluding hydrogens is 462 g/mol. The maximum Gasteiger partial charge on any atom is 0.261 e. The first-order valence-electron chi connectivity index (χ1n) is 10.9. The average Bonchev–Trinajstić information content (AvgIpc) is 3.21. The Morgan fingerprint density at radius 1 is 1.03 bits per heavy atom. The number of anilines is 4. The van der Waals surface area contributed by atoms with Crippen molar-refractivity contribution in [1.29, 1.82) is 0 Å². The van der Waals surface area contributed by atoms with Crippen molar-refractivity contribution < 1.29 is 8.42 Å². The zero-order valence-corrected chi connectivity index (χ0v) is 20.6. The topological polar surface area (TPSA) is 114 Å². The molecule has 180 valence electrons. The molecule has 0 spiro atoms. The molecule has 0 fully saturated rings. The molecule has 10 heteroatoms. The van der Waals surface area contributed by atoms with Gasteiger partial charge in [-0.2, -0.15) is 4.98 Å². The van der Waals surface area contributed by atoms with E-state index in [0.717, 1.165) is 29.2 Å². The van der Waals surface area contributed by atoms with E-state index in [0.29, 0.717) is 23.2 Å². The summed E-state index contributed by atoms with van der Waals surface area (Å²) in [4.78, 5) is 13.3. The lowest BCUT2D eigenvalue weighted by Gasteiger charge is -2.13. The Labute approximate surface area is 205 Å². The molecule has 2 aromatic carbocycles. The first kappa shape index (κ1) is 24.0. The normalized spacial score (nSPS) is 11.2. The Morgan fingerprint density at radius 3 is 2.49 bits per heavy atom. The van der Waals surface area contributed by atoms with Crippen LogP contribution < -0.4 is 15.4 Å². The standard InChI is InChI=1S/C25H27N7O2S/c1-17(2)31-35(33,34)23-7-5-6-22(14-23)28-24-18(3)15-27-25(30-24)29-21-10-8-20(9-11-21)16-32-13-12-26-19(32)4/h5-15,31H,1,16H2,2-4H3,(H2,27,28,29,30). The molecule has 0 radical (unpaired) electrons. The van der Waals surface area contributed by atoms with Gasteiger partial charge in [0, 0.05) is 47.8 Å². The molecule has 4 aromatic rings. The number of aryl methyl sites for hydroxylation is 2. The number of benzene rings is 2. The molecule has 35 heavy (non-hydrogen) atoms. The maximum absolute atomic E-state index is 12.5. The summed E-state index contributed by atoms with van der Waals surface area (Å²) in [6.07, 6.45) is 5.45. The second-order valence-corrected chi connectivity index (χ2v) is 9.87. The van der Waals surface area contributed by atoms with Gasteiger partial charge in [-0.05, 0) is 56.7 Å². The van der Waals surface area contributed by atoms with Crippen LogP contribution in [0.3, 0.4) is 0 Å². The molecule has 2 aromatic heterocycles. The third-order valence-electron chi connectivity index (χ3n) is 5.17. The van der Waals surface area contributed by atoms with Crippen LogP contribution in [0.1, 0.15) is 23.9 Å². The number of sulfonamides is 1. The summed E-state index contributed by atoms with van der Waals surface area (Å²) in [6.45, 7) is 9.79. The van der Waals surface area contributed by atoms with Gasteiger partial charge in [0.15, 0.2) is 0 Å². The highest BCUT2D eigenvalue weighted by molar-refractivity contribution is 7.89. The van der Waals surface area contributed by atoms with E-state index in [2.05, 4.69) is 41.5 Å². The predicted octanol–water partition coefficient (Wildman–Crippen LogP) is 4.64. The molecule has 0 aliphatic rings. The lowest BCUT2D eigenvalue weighted by Crippen LogP contribution is -2.21. The van der Waals surface area contributed by atoms with Gasteiger partial charge in [0.25, 0.3) is 10.0 Å². The number of hydrogen-bond donors (Lipinski definition) is 3. The van der Waals surface area contributed by atoms with E-state index in [-0.39, 0.29) is 4.90 Å². The lowest BCUT2D eigenvalue weighted by molar-refractivity contribution is 0.589. The van der Waals surface area contributed by atoms with Crippen LogP contribution in [-0.4, -0.2) is 27.9 Å². The smallest absolute Gasteiger partial charge is 0.261 e. The van der Waals surface area contributed by atoms with E-state index in [9.17, 15) is 8.42 Å². The molecule has 0 aliphatic carbocycles. The Morgan fingerprint density at radius 2 is 1.80 bits per heavy atom. The van der Waals surface area contributed by atoms with Crippen molar-refractivity contribution in [2.75, 3.05) is 10.6 Å². The molecule has 4 rings (SSSR count). The monoisotopic (exact) mass is 489 g/mol. The van der Waals surface area contributed by atoms with Crippen molar-refractivity contribution in [3.8, 4) is 0 Å². The van der Waals surface area contributed by atoms with Crippen LogP contribution in [-0.2, 0) is 16.6 Å². The third-order valence-corrected chi connectivity index (χ3v) is 6.67. The fourth-order valence-corrected chi connectivity index (χ4v) is 4.50. The van der Waals surface area contributed by atoms with Crippen LogP contribution in [0.25, 0.3) is 0 Å². The Bertz CT molecular complexity index is 1460. The molecule has 0 bridgehead atoms. The predicted molar refractivity (Wildman–Crippen MR) is 137 cm³/mol. The van der Waals surface area contributed by atoms with Crippen LogP contribution in [0.5, 0.6) is 0 Å². The summed E-state index contributed by atoms with van der Waals surface area (Å²) in [6, 6.07) is 14.5. The van der Waals surface area contributed by atoms with Crippen LogP contribution in [0.4, 0.5) is 23.1 Å². The van der Waals surface area contributed by atoms with Gasteiger partial charge in [0.1, 0.15) is 11.6 Å². The summed E-state index contributed by atoms with van der Waals surface area (Å²) < 4.78 is 29.4. The van der Waals surface area contributed by atoms with E-state index in [1.165, 1.54) is 6.07 Å². The van der Waals surface area contributed by atoms with Gasteiger partial charge in [-0.15, -0.1) is 0 Å². The molecule has 0 saturated carbocycles. The van der Waals surface area contributed by atoms with Gasteiger partial charge in [-0.3, -0.25) is 4.72 Å². The minimum Gasteiger partial charge on any atom is -0.340 e. The summed E-state index contributed by atoms with van der Waals surface area (Å²) in [7, 11) is -3.70. The van der Waals surface area contributed by atoms with Gasteiger partial charge in [0.2, 0.25) is 5.95 Å². The highest BCUT2D eigenvalue weighted by Crippen LogP contribution is 2.23. The lowest BCUT2D eigenvalue weighted by atomic mass is 10.2. The van der Waals surface area contributed by atoms with Gasteiger partial charge >= 0.3 is 0 Å². The van der Waals surface area contributed by atoms with Crippen LogP contribution in [0.15, 0.2) is 84.3 Å². The molecule has 9 nitrogen and oxygen atoms in total. The van der Waals surface area contributed by atoms with Crippen molar-refractivity contribution >= 4 is 33.2 Å². The molecule has 0 unspecified atom stereocenters. The highest BCUT2D eigenvalue weighted by atomic mass is 32.2. The fourth-order valence-electron chi connectivity index (χ4n) is 3.38. The SMILES string of the molecule is C=C(C)NS(=O)(=O)c1cccc(Nc2nc(Nc3ccc(Cn4ccnc4C)cc3)ncc2C)c1. The second-order valence-electron chi connectivity index (χ2n) is 8.19. The van der Waals surface area contributed by atoms with Gasteiger partial charge < -0.3 is 15.2 Å². The van der Waals surface area contributed by atoms with Gasteiger partial charge in [-0.1, -0.05) is 24.8 Å². The first-order valence-corrected chi connectivity index (χ1v) is 12.4. The van der Waals surface area contributed by atoms with E-state index in [1.807, 2.05) is 44.3 Å². The molecule has 0 atom stereocenters. The zero-order valence-electron chi connectivity index (χ0n) is 19.8. The molecule has 0 aliphatic heterocycles. The van der Waals surface area contributed by atoms with E-state index < -0.39 is 10.0 Å². The summed E-state index contributed by atoms with van der Waals surface area (Å²) in [5, 5.41) is 6.40. The Balaban J connectivity index is 1.48. The largest absolute Gasteiger partial charge is 0.340 e. The molecule has 0 saturated heterocycles. The molecule has 0 amide bonds. The number of rotatable bonds is 9. The molecule has 2 heterocycles. The van der Waals surface area contributed by atoms with Crippen molar-refractivity contribution in [1.82, 2.24) is 24.2 Å². The summed E-state index contributed by atoms with van der Waals surface area (Å²) in [5.74, 6) is 1.96. The number of allylic oxidation sites excluding steroid dienone is 1. The maximum atomic E-state index is 12.5. The molecule has 3 N–H and O–H groups in total. The fraction of sp³-hybridized carbons (Fsp3) is 0.160. The number of aromatic nitrogens is 4. The van der Waals surface area contributed by atoms with Crippen LogP contribution in [0, 0.1) is 13.8 Å². The van der Waals surface area contributed by atoms with Crippen molar-refractivity contribution in [2.45, 2.75) is 32.2 Å². The van der Waals surface area contributed by atoms with Crippen molar-refractivity contribution in [3.63, 3.8) is 0 Å². The summed E-state index contributed by atoms with van der Waals surface area (Å²) >= 11 is 0. The van der Waals surface area contributed by atoms with Crippen molar-refractivity contribution in [2.24, 2.45) is 0 Å². The Kier molecular flexibility index (Phi) is 6.83. The minimum absolute atomic E-state index is 0.126. The number of hydrogen-bond acceptors (Lipinski definition) is 7. The van der Waals surface area contributed by atoms with Gasteiger partial charge in [-0.25, -0.2) is 18.4 Å². The van der Waals surface area contributed by atoms with E-state index in [1.54, 1.807) is 37.5 Å². The minimum atomic E-state index is -3.70. The number of nitrogens with one attached hydrogen (secondary N) is 3. The Hall–Kier alpha value is -4.18. The van der Waals surface area contributed by atoms with Crippen LogP contribution in [0.2, 0.25) is 0 Å². The third kappa shape index (κ3) is 6.04. The van der Waals surface area contributed by atoms with E-state index in [4.69, 9.17) is 0 Å². The van der Waals surface area contributed by atoms with E-state index >= 15 is 0 Å². The number of nitrogens with zero attached hydrogens (tertiary/aromatic N) is 4. The van der Waals surface area contributed by atoms with Crippen molar-refractivity contribution in [3.05, 3.63) is 96.3 Å². The second kappa shape index (κ2) is 9.98. The molecular formula is C25H27N7O2S.